The van der Waals surface area contributed by atoms with Gasteiger partial charge in [-0.15, -0.1) is 0 Å². The van der Waals surface area contributed by atoms with Gasteiger partial charge in [0.15, 0.2) is 0 Å². The Morgan fingerprint density at radius 1 is 0.844 bits per heavy atom. The van der Waals surface area contributed by atoms with Crippen molar-refractivity contribution >= 4 is 34.7 Å². The quantitative estimate of drug-likeness (QED) is 0.569. The molecule has 1 fully saturated rings. The van der Waals surface area contributed by atoms with Crippen LogP contribution in [0.1, 0.15) is 27.1 Å². The predicted octanol–water partition coefficient (Wildman–Crippen LogP) is 0.359. The zero-order valence-corrected chi connectivity index (χ0v) is 17.0. The van der Waals surface area contributed by atoms with E-state index in [0.29, 0.717) is 41.7 Å². The van der Waals surface area contributed by atoms with Crippen LogP contribution >= 0.6 is 0 Å². The molecule has 0 spiro atoms. The monoisotopic (exact) mass is 436 g/mol. The van der Waals surface area contributed by atoms with Crippen LogP contribution in [0.3, 0.4) is 0 Å². The fourth-order valence-electron chi connectivity index (χ4n) is 3.33. The number of aromatic nitrogens is 2. The lowest BCUT2D eigenvalue weighted by Gasteiger charge is -2.28. The SMILES string of the molecule is O=C(CNC(=O)c1ccccc1)NCC(=O)N1CCCN1C(=O)c1ccc2nonc2c1. The van der Waals surface area contributed by atoms with E-state index in [9.17, 15) is 19.2 Å². The van der Waals surface area contributed by atoms with E-state index in [-0.39, 0.29) is 24.9 Å². The van der Waals surface area contributed by atoms with Gasteiger partial charge in [0, 0.05) is 24.2 Å². The van der Waals surface area contributed by atoms with Crippen molar-refractivity contribution in [2.45, 2.75) is 6.42 Å². The number of carbonyl (C=O) groups excluding carboxylic acids is 4. The summed E-state index contributed by atoms with van der Waals surface area (Å²) in [5.41, 5.74) is 1.75. The van der Waals surface area contributed by atoms with Crippen molar-refractivity contribution in [2.75, 3.05) is 26.2 Å². The Balaban J connectivity index is 1.30. The van der Waals surface area contributed by atoms with Gasteiger partial charge in [-0.25, -0.2) is 14.6 Å². The summed E-state index contributed by atoms with van der Waals surface area (Å²) in [5, 5.41) is 15.1. The molecule has 0 unspecified atom stereocenters. The molecule has 4 amide bonds. The van der Waals surface area contributed by atoms with Crippen molar-refractivity contribution in [3.05, 3.63) is 59.7 Å². The highest BCUT2D eigenvalue weighted by atomic mass is 16.6. The molecule has 0 saturated carbocycles. The zero-order chi connectivity index (χ0) is 22.5. The van der Waals surface area contributed by atoms with Crippen LogP contribution < -0.4 is 10.6 Å². The van der Waals surface area contributed by atoms with Gasteiger partial charge in [-0.1, -0.05) is 18.2 Å². The first-order valence-corrected chi connectivity index (χ1v) is 9.97. The second-order valence-electron chi connectivity index (χ2n) is 7.09. The summed E-state index contributed by atoms with van der Waals surface area (Å²) in [5.74, 6) is -1.68. The molecule has 1 aliphatic heterocycles. The average molecular weight is 436 g/mol. The highest BCUT2D eigenvalue weighted by Gasteiger charge is 2.31. The molecule has 32 heavy (non-hydrogen) atoms. The number of benzene rings is 2. The van der Waals surface area contributed by atoms with Gasteiger partial charge in [0.05, 0.1) is 13.1 Å². The van der Waals surface area contributed by atoms with Crippen molar-refractivity contribution in [1.29, 1.82) is 0 Å². The highest BCUT2D eigenvalue weighted by Crippen LogP contribution is 2.18. The summed E-state index contributed by atoms with van der Waals surface area (Å²) in [6, 6.07) is 13.2. The lowest BCUT2D eigenvalue weighted by atomic mass is 10.2. The zero-order valence-electron chi connectivity index (χ0n) is 17.0. The maximum atomic E-state index is 12.9. The number of hydrogen-bond acceptors (Lipinski definition) is 7. The van der Waals surface area contributed by atoms with Gasteiger partial charge in [0.2, 0.25) is 5.91 Å². The van der Waals surface area contributed by atoms with Crippen LogP contribution in [-0.4, -0.2) is 70.1 Å². The van der Waals surface area contributed by atoms with Crippen LogP contribution in [0.25, 0.3) is 11.0 Å². The lowest BCUT2D eigenvalue weighted by Crippen LogP contribution is -2.49. The Bertz CT molecular complexity index is 1160. The van der Waals surface area contributed by atoms with E-state index in [2.05, 4.69) is 25.6 Å². The second kappa shape index (κ2) is 9.25. The number of nitrogens with zero attached hydrogens (tertiary/aromatic N) is 4. The summed E-state index contributed by atoms with van der Waals surface area (Å²) in [6.07, 6.45) is 0.617. The second-order valence-corrected chi connectivity index (χ2v) is 7.09. The van der Waals surface area contributed by atoms with E-state index in [1.165, 1.54) is 10.0 Å². The third-order valence-corrected chi connectivity index (χ3v) is 4.94. The molecule has 11 nitrogen and oxygen atoms in total. The van der Waals surface area contributed by atoms with E-state index in [1.54, 1.807) is 48.5 Å². The maximum Gasteiger partial charge on any atom is 0.272 e. The normalized spacial score (nSPS) is 13.2. The Morgan fingerprint density at radius 2 is 1.59 bits per heavy atom. The van der Waals surface area contributed by atoms with Crippen molar-refractivity contribution in [1.82, 2.24) is 31.0 Å². The molecule has 0 radical (unpaired) electrons. The van der Waals surface area contributed by atoms with E-state index >= 15 is 0 Å². The summed E-state index contributed by atoms with van der Waals surface area (Å²) < 4.78 is 4.64. The molecule has 4 rings (SSSR count). The third kappa shape index (κ3) is 4.56. The first kappa shape index (κ1) is 21.0. The number of nitrogens with one attached hydrogen (secondary N) is 2. The van der Waals surface area contributed by atoms with Gasteiger partial charge >= 0.3 is 0 Å². The average Bonchev–Trinajstić information content (AvgIpc) is 3.50. The summed E-state index contributed by atoms with van der Waals surface area (Å²) in [6.45, 7) is 0.172. The fraction of sp³-hybridized carbons (Fsp3) is 0.238. The van der Waals surface area contributed by atoms with Crippen LogP contribution in [0.5, 0.6) is 0 Å². The van der Waals surface area contributed by atoms with E-state index in [1.807, 2.05) is 0 Å². The summed E-state index contributed by atoms with van der Waals surface area (Å²) in [4.78, 5) is 49.5. The van der Waals surface area contributed by atoms with Crippen LogP contribution in [0.2, 0.25) is 0 Å². The van der Waals surface area contributed by atoms with Crippen LogP contribution in [-0.2, 0) is 9.59 Å². The molecule has 1 aromatic heterocycles. The van der Waals surface area contributed by atoms with E-state index in [4.69, 9.17) is 0 Å². The van der Waals surface area contributed by atoms with Gasteiger partial charge in [-0.2, -0.15) is 0 Å². The highest BCUT2D eigenvalue weighted by molar-refractivity contribution is 5.99. The van der Waals surface area contributed by atoms with Crippen molar-refractivity contribution < 1.29 is 23.8 Å². The van der Waals surface area contributed by atoms with Crippen LogP contribution in [0.15, 0.2) is 53.2 Å². The lowest BCUT2D eigenvalue weighted by molar-refractivity contribution is -0.140. The molecule has 164 valence electrons. The standard InChI is InChI=1S/C21H20N6O5/c28-18(12-23-20(30)14-5-2-1-3-6-14)22-13-19(29)26-9-4-10-27(26)21(31)15-7-8-16-17(11-15)25-32-24-16/h1-3,5-8,11H,4,9-10,12-13H2,(H,22,28)(H,23,30). The first-order valence-electron chi connectivity index (χ1n) is 9.97. The minimum atomic E-state index is -0.510. The first-order chi connectivity index (χ1) is 15.5. The molecule has 3 aromatic rings. The number of rotatable bonds is 6. The minimum Gasteiger partial charge on any atom is -0.345 e. The topological polar surface area (TPSA) is 138 Å². The number of amides is 4. The van der Waals surface area contributed by atoms with Gasteiger partial charge < -0.3 is 10.6 Å². The van der Waals surface area contributed by atoms with Crippen molar-refractivity contribution in [3.8, 4) is 0 Å². The smallest absolute Gasteiger partial charge is 0.272 e. The molecule has 0 atom stereocenters. The maximum absolute atomic E-state index is 12.9. The predicted molar refractivity (Wildman–Crippen MR) is 111 cm³/mol. The molecule has 1 saturated heterocycles. The van der Waals surface area contributed by atoms with Crippen LogP contribution in [0, 0.1) is 0 Å². The molecule has 1 aliphatic rings. The van der Waals surface area contributed by atoms with Gasteiger partial charge in [0.1, 0.15) is 11.0 Å². The molecular formula is C21H20N6O5. The summed E-state index contributed by atoms with van der Waals surface area (Å²) in [7, 11) is 0. The number of hydrogen-bond donors (Lipinski definition) is 2. The molecule has 2 heterocycles. The Kier molecular flexibility index (Phi) is 6.06. The Hall–Kier alpha value is -4.28. The number of fused-ring (bicyclic) bond motifs is 1. The van der Waals surface area contributed by atoms with Gasteiger partial charge in [-0.05, 0) is 47.1 Å². The minimum absolute atomic E-state index is 0.268. The molecule has 2 aromatic carbocycles. The fourth-order valence-corrected chi connectivity index (χ4v) is 3.33. The molecule has 0 bridgehead atoms. The largest absolute Gasteiger partial charge is 0.345 e. The third-order valence-electron chi connectivity index (χ3n) is 4.94. The van der Waals surface area contributed by atoms with Crippen LogP contribution in [0.4, 0.5) is 0 Å². The van der Waals surface area contributed by atoms with E-state index < -0.39 is 11.8 Å². The number of carbonyl (C=O) groups is 4. The molecule has 0 aliphatic carbocycles. The summed E-state index contributed by atoms with van der Waals surface area (Å²) >= 11 is 0. The van der Waals surface area contributed by atoms with Crippen molar-refractivity contribution in [3.63, 3.8) is 0 Å². The van der Waals surface area contributed by atoms with Crippen molar-refractivity contribution in [2.24, 2.45) is 0 Å². The van der Waals surface area contributed by atoms with Gasteiger partial charge in [0.25, 0.3) is 17.7 Å². The molecular weight excluding hydrogens is 416 g/mol. The van der Waals surface area contributed by atoms with Gasteiger partial charge in [-0.3, -0.25) is 19.2 Å². The Labute approximate surface area is 182 Å². The Morgan fingerprint density at radius 3 is 2.41 bits per heavy atom. The molecule has 11 heteroatoms. The number of hydrazine groups is 1. The molecule has 2 N–H and O–H groups in total. The van der Waals surface area contributed by atoms with E-state index in [0.717, 1.165) is 0 Å².